The van der Waals surface area contributed by atoms with E-state index in [4.69, 9.17) is 20.2 Å². The van der Waals surface area contributed by atoms with E-state index < -0.39 is 20.4 Å². The molecule has 118 valence electrons. The molecule has 1 aromatic rings. The molecular formula is C14H19ClO5S. The number of benzene rings is 1. The first kappa shape index (κ1) is 17.8. The highest BCUT2D eigenvalue weighted by atomic mass is 35.7. The van der Waals surface area contributed by atoms with Crippen molar-refractivity contribution in [3.05, 3.63) is 29.8 Å². The molecule has 0 unspecified atom stereocenters. The molecule has 0 radical (unpaired) electrons. The summed E-state index contributed by atoms with van der Waals surface area (Å²) in [4.78, 5) is 11.8. The van der Waals surface area contributed by atoms with Crippen molar-refractivity contribution in [2.75, 3.05) is 19.0 Å². The molecule has 0 aliphatic carbocycles. The van der Waals surface area contributed by atoms with Crippen molar-refractivity contribution < 1.29 is 22.7 Å². The normalized spacial score (nSPS) is 12.0. The van der Waals surface area contributed by atoms with E-state index in [0.717, 1.165) is 0 Å². The predicted molar refractivity (Wildman–Crippen MR) is 81.3 cm³/mol. The van der Waals surface area contributed by atoms with E-state index in [1.165, 1.54) is 0 Å². The molecule has 1 aromatic carbocycles. The van der Waals surface area contributed by atoms with Crippen LogP contribution in [0.1, 0.15) is 31.1 Å². The Balaban J connectivity index is 2.82. The van der Waals surface area contributed by atoms with E-state index >= 15 is 0 Å². The summed E-state index contributed by atoms with van der Waals surface area (Å²) < 4.78 is 32.8. The summed E-state index contributed by atoms with van der Waals surface area (Å²) in [5.41, 5.74) is -0.369. The second-order valence-corrected chi connectivity index (χ2v) is 8.13. The summed E-state index contributed by atoms with van der Waals surface area (Å²) in [5, 5.41) is 0. The highest BCUT2D eigenvalue weighted by Gasteiger charge is 2.26. The van der Waals surface area contributed by atoms with Crippen LogP contribution in [0.3, 0.4) is 0 Å². The maximum absolute atomic E-state index is 11.8. The summed E-state index contributed by atoms with van der Waals surface area (Å²) in [5.74, 6) is -0.338. The number of ether oxygens (including phenoxy) is 2. The lowest BCUT2D eigenvalue weighted by Crippen LogP contribution is -2.28. The smallest absolute Gasteiger partial charge is 0.341 e. The zero-order chi connectivity index (χ0) is 16.1. The summed E-state index contributed by atoms with van der Waals surface area (Å²) >= 11 is 0. The average Bonchev–Trinajstić information content (AvgIpc) is 2.34. The first-order valence-electron chi connectivity index (χ1n) is 6.46. The first-order chi connectivity index (χ1) is 9.64. The largest absolute Gasteiger partial charge is 0.492 e. The fourth-order valence-electron chi connectivity index (χ4n) is 1.75. The van der Waals surface area contributed by atoms with E-state index in [1.54, 1.807) is 45.0 Å². The number of para-hydroxylation sites is 1. The molecule has 0 aromatic heterocycles. The third-order valence-corrected chi connectivity index (χ3v) is 4.02. The maximum Gasteiger partial charge on any atom is 0.341 e. The molecule has 0 N–H and O–H groups in total. The molecule has 7 heteroatoms. The van der Waals surface area contributed by atoms with E-state index in [9.17, 15) is 13.2 Å². The Morgan fingerprint density at radius 1 is 1.29 bits per heavy atom. The highest BCUT2D eigenvalue weighted by molar-refractivity contribution is 8.13. The molecular weight excluding hydrogens is 316 g/mol. The van der Waals surface area contributed by atoms with Gasteiger partial charge in [0.25, 0.3) is 0 Å². The number of esters is 1. The quantitative estimate of drug-likeness (QED) is 0.566. The lowest BCUT2D eigenvalue weighted by molar-refractivity contribution is 0.0519. The first-order valence-corrected chi connectivity index (χ1v) is 8.94. The molecule has 0 heterocycles. The Kier molecular flexibility index (Phi) is 6.04. The molecule has 0 saturated carbocycles. The van der Waals surface area contributed by atoms with E-state index in [-0.39, 0.29) is 19.0 Å². The van der Waals surface area contributed by atoms with Gasteiger partial charge in [-0.25, -0.2) is 13.2 Å². The molecule has 1 rings (SSSR count). The molecule has 0 bridgehead atoms. The van der Waals surface area contributed by atoms with Crippen LogP contribution in [0, 0.1) is 5.41 Å². The Hall–Kier alpha value is -1.27. The van der Waals surface area contributed by atoms with Crippen molar-refractivity contribution in [3.8, 4) is 5.75 Å². The summed E-state index contributed by atoms with van der Waals surface area (Å²) in [7, 11) is 1.64. The third kappa shape index (κ3) is 6.35. The Morgan fingerprint density at radius 3 is 2.48 bits per heavy atom. The van der Waals surface area contributed by atoms with Gasteiger partial charge in [-0.1, -0.05) is 26.0 Å². The van der Waals surface area contributed by atoms with E-state index in [1.807, 2.05) is 0 Å². The SMILES string of the molecule is CCOC(=O)c1ccccc1OCC(C)(C)CS(=O)(=O)Cl. The zero-order valence-electron chi connectivity index (χ0n) is 12.3. The summed E-state index contributed by atoms with van der Waals surface area (Å²) in [6.07, 6.45) is 0. The minimum absolute atomic E-state index is 0.107. The van der Waals surface area contributed by atoms with Gasteiger partial charge in [-0.3, -0.25) is 0 Å². The fraction of sp³-hybridized carbons (Fsp3) is 0.500. The molecule has 0 fully saturated rings. The fourth-order valence-corrected chi connectivity index (χ4v) is 3.65. The van der Waals surface area contributed by atoms with Crippen molar-refractivity contribution in [3.63, 3.8) is 0 Å². The van der Waals surface area contributed by atoms with Gasteiger partial charge in [0.2, 0.25) is 9.05 Å². The maximum atomic E-state index is 11.8. The van der Waals surface area contributed by atoms with Gasteiger partial charge < -0.3 is 9.47 Å². The number of hydrogen-bond acceptors (Lipinski definition) is 5. The third-order valence-electron chi connectivity index (χ3n) is 2.56. The Morgan fingerprint density at radius 2 is 1.90 bits per heavy atom. The second-order valence-electron chi connectivity index (χ2n) is 5.35. The van der Waals surface area contributed by atoms with Gasteiger partial charge in [0.1, 0.15) is 11.3 Å². The number of carbonyl (C=O) groups excluding carboxylic acids is 1. The van der Waals surface area contributed by atoms with E-state index in [0.29, 0.717) is 11.3 Å². The lowest BCUT2D eigenvalue weighted by atomic mass is 9.98. The van der Waals surface area contributed by atoms with Crippen LogP contribution in [0.4, 0.5) is 0 Å². The lowest BCUT2D eigenvalue weighted by Gasteiger charge is -2.23. The number of hydrogen-bond donors (Lipinski definition) is 0. The van der Waals surface area contributed by atoms with Crippen LogP contribution in [-0.4, -0.2) is 33.4 Å². The topological polar surface area (TPSA) is 69.7 Å². The standard InChI is InChI=1S/C14H19ClO5S/c1-4-19-13(16)11-7-5-6-8-12(11)20-9-14(2,3)10-21(15,17)18/h5-8H,4,9-10H2,1-3H3. The minimum Gasteiger partial charge on any atom is -0.492 e. The second kappa shape index (κ2) is 7.13. The van der Waals surface area contributed by atoms with Crippen LogP contribution < -0.4 is 4.74 Å². The number of carbonyl (C=O) groups is 1. The van der Waals surface area contributed by atoms with Gasteiger partial charge in [-0.2, -0.15) is 0 Å². The zero-order valence-corrected chi connectivity index (χ0v) is 13.8. The van der Waals surface area contributed by atoms with Gasteiger partial charge >= 0.3 is 5.97 Å². The molecule has 5 nitrogen and oxygen atoms in total. The molecule has 21 heavy (non-hydrogen) atoms. The summed E-state index contributed by atoms with van der Waals surface area (Å²) in [6.45, 7) is 5.54. The van der Waals surface area contributed by atoms with Crippen LogP contribution in [-0.2, 0) is 13.8 Å². The summed E-state index contributed by atoms with van der Waals surface area (Å²) in [6, 6.07) is 6.66. The molecule has 0 aliphatic heterocycles. The van der Waals surface area contributed by atoms with Gasteiger partial charge in [-0.15, -0.1) is 0 Å². The Bertz CT molecular complexity index is 595. The van der Waals surface area contributed by atoms with Crippen molar-refractivity contribution in [2.45, 2.75) is 20.8 Å². The molecule has 0 atom stereocenters. The van der Waals surface area contributed by atoms with Crippen LogP contribution >= 0.6 is 10.7 Å². The molecule has 0 aliphatic rings. The molecule has 0 amide bonds. The van der Waals surface area contributed by atoms with Crippen LogP contribution in [0.2, 0.25) is 0 Å². The van der Waals surface area contributed by atoms with Gasteiger partial charge in [-0.05, 0) is 19.1 Å². The average molecular weight is 335 g/mol. The minimum atomic E-state index is -3.62. The van der Waals surface area contributed by atoms with Crippen molar-refractivity contribution in [1.29, 1.82) is 0 Å². The number of rotatable bonds is 7. The van der Waals surface area contributed by atoms with E-state index in [2.05, 4.69) is 0 Å². The van der Waals surface area contributed by atoms with Crippen LogP contribution in [0.5, 0.6) is 5.75 Å². The highest BCUT2D eigenvalue weighted by Crippen LogP contribution is 2.25. The van der Waals surface area contributed by atoms with Crippen molar-refractivity contribution >= 4 is 25.7 Å². The van der Waals surface area contributed by atoms with Crippen LogP contribution in [0.25, 0.3) is 0 Å². The monoisotopic (exact) mass is 334 g/mol. The number of halogens is 1. The van der Waals surface area contributed by atoms with Gasteiger partial charge in [0, 0.05) is 16.1 Å². The predicted octanol–water partition coefficient (Wildman–Crippen LogP) is 2.84. The molecule has 0 spiro atoms. The van der Waals surface area contributed by atoms with Crippen molar-refractivity contribution in [1.82, 2.24) is 0 Å². The van der Waals surface area contributed by atoms with Crippen LogP contribution in [0.15, 0.2) is 24.3 Å². The van der Waals surface area contributed by atoms with Gasteiger partial charge in [0.15, 0.2) is 0 Å². The van der Waals surface area contributed by atoms with Crippen molar-refractivity contribution in [2.24, 2.45) is 5.41 Å². The molecule has 0 saturated heterocycles. The van der Waals surface area contributed by atoms with Gasteiger partial charge in [0.05, 0.1) is 19.0 Å². The Labute approximate surface area is 129 Å².